The van der Waals surface area contributed by atoms with Crippen molar-refractivity contribution in [2.45, 2.75) is 58.4 Å². The molecule has 1 rings (SSSR count). The van der Waals surface area contributed by atoms with Crippen LogP contribution in [0.2, 0.25) is 0 Å². The Balaban J connectivity index is 2.52. The van der Waals surface area contributed by atoms with E-state index in [9.17, 15) is 0 Å². The van der Waals surface area contributed by atoms with E-state index in [0.717, 1.165) is 5.92 Å². The fraction of sp³-hybridized carbons (Fsp3) is 1.00. The zero-order valence-corrected chi connectivity index (χ0v) is 8.82. The summed E-state index contributed by atoms with van der Waals surface area (Å²) in [4.78, 5) is 0. The Kier molecular flexibility index (Phi) is 3.57. The van der Waals surface area contributed by atoms with Crippen molar-refractivity contribution < 1.29 is 0 Å². The topological polar surface area (TPSA) is 12.0 Å². The number of hydrogen-bond donors (Lipinski definition) is 1. The van der Waals surface area contributed by atoms with E-state index in [-0.39, 0.29) is 0 Å². The van der Waals surface area contributed by atoms with E-state index in [0.29, 0.717) is 5.54 Å². The third kappa shape index (κ3) is 2.22. The van der Waals surface area contributed by atoms with Gasteiger partial charge in [0, 0.05) is 5.54 Å². The summed E-state index contributed by atoms with van der Waals surface area (Å²) in [6.07, 6.45) is 6.73. The molecule has 1 atom stereocenters. The predicted octanol–water partition coefficient (Wildman–Crippen LogP) is 2.95. The van der Waals surface area contributed by atoms with E-state index >= 15 is 0 Å². The fourth-order valence-corrected chi connectivity index (χ4v) is 2.19. The maximum Gasteiger partial charge on any atom is 0.0176 e. The minimum Gasteiger partial charge on any atom is -0.311 e. The Hall–Kier alpha value is -0.0400. The number of rotatable bonds is 2. The molecule has 1 aliphatic rings. The van der Waals surface area contributed by atoms with Crippen molar-refractivity contribution in [3.8, 4) is 0 Å². The lowest BCUT2D eigenvalue weighted by Crippen LogP contribution is -2.43. The van der Waals surface area contributed by atoms with Gasteiger partial charge in [0.05, 0.1) is 0 Å². The summed E-state index contributed by atoms with van der Waals surface area (Å²) in [7, 11) is 0. The number of hydrogen-bond acceptors (Lipinski definition) is 1. The molecule has 0 amide bonds. The van der Waals surface area contributed by atoms with Crippen LogP contribution in [0.1, 0.15) is 52.9 Å². The van der Waals surface area contributed by atoms with Gasteiger partial charge in [-0.15, -0.1) is 0 Å². The Morgan fingerprint density at radius 3 is 2.50 bits per heavy atom. The lowest BCUT2D eigenvalue weighted by Gasteiger charge is -2.31. The Bertz CT molecular complexity index is 127. The Morgan fingerprint density at radius 1 is 1.25 bits per heavy atom. The molecule has 0 aliphatic carbocycles. The van der Waals surface area contributed by atoms with E-state index < -0.39 is 0 Å². The molecule has 0 saturated carbocycles. The summed E-state index contributed by atoms with van der Waals surface area (Å²) in [6, 6.07) is 0. The van der Waals surface area contributed by atoms with Crippen LogP contribution in [0.4, 0.5) is 0 Å². The number of nitrogens with one attached hydrogen (secondary N) is 1. The minimum atomic E-state index is 0.477. The molecule has 1 fully saturated rings. The van der Waals surface area contributed by atoms with Crippen LogP contribution in [0.5, 0.6) is 0 Å². The lowest BCUT2D eigenvalue weighted by molar-refractivity contribution is 0.291. The van der Waals surface area contributed by atoms with Gasteiger partial charge in [0.25, 0.3) is 0 Å². The monoisotopic (exact) mass is 169 g/mol. The highest BCUT2D eigenvalue weighted by molar-refractivity contribution is 4.88. The maximum atomic E-state index is 3.72. The smallest absolute Gasteiger partial charge is 0.0176 e. The van der Waals surface area contributed by atoms with Gasteiger partial charge < -0.3 is 5.32 Å². The van der Waals surface area contributed by atoms with Crippen LogP contribution in [0, 0.1) is 5.92 Å². The highest BCUT2D eigenvalue weighted by Crippen LogP contribution is 2.27. The van der Waals surface area contributed by atoms with Crippen LogP contribution in [0.15, 0.2) is 0 Å². The van der Waals surface area contributed by atoms with Crippen LogP contribution in [-0.2, 0) is 0 Å². The standard InChI is InChI=1S/C11H23N/c1-4-11(5-2)8-6-10(3)7-9-12-11/h10,12H,4-9H2,1-3H3. The van der Waals surface area contributed by atoms with Gasteiger partial charge in [-0.3, -0.25) is 0 Å². The molecule has 0 bridgehead atoms. The molecule has 1 unspecified atom stereocenters. The van der Waals surface area contributed by atoms with Crippen LogP contribution in [0.3, 0.4) is 0 Å². The quantitative estimate of drug-likeness (QED) is 0.670. The first-order valence-electron chi connectivity index (χ1n) is 5.47. The molecule has 1 heterocycles. The van der Waals surface area contributed by atoms with Crippen LogP contribution < -0.4 is 5.32 Å². The molecule has 0 spiro atoms. The second-order valence-corrected chi connectivity index (χ2v) is 4.35. The summed E-state index contributed by atoms with van der Waals surface area (Å²) in [5.41, 5.74) is 0.477. The third-order valence-corrected chi connectivity index (χ3v) is 3.61. The van der Waals surface area contributed by atoms with Gasteiger partial charge in [0.2, 0.25) is 0 Å². The van der Waals surface area contributed by atoms with E-state index in [1.165, 1.54) is 38.6 Å². The molecule has 1 heteroatoms. The zero-order chi connectivity index (χ0) is 9.03. The largest absolute Gasteiger partial charge is 0.311 e. The van der Waals surface area contributed by atoms with Gasteiger partial charge in [-0.25, -0.2) is 0 Å². The minimum absolute atomic E-state index is 0.477. The molecule has 72 valence electrons. The first-order chi connectivity index (χ1) is 5.72. The second-order valence-electron chi connectivity index (χ2n) is 4.35. The van der Waals surface area contributed by atoms with Gasteiger partial charge in [0.1, 0.15) is 0 Å². The first-order valence-corrected chi connectivity index (χ1v) is 5.47. The van der Waals surface area contributed by atoms with Crippen molar-refractivity contribution >= 4 is 0 Å². The normalized spacial score (nSPS) is 29.8. The fourth-order valence-electron chi connectivity index (χ4n) is 2.19. The molecule has 1 saturated heterocycles. The summed E-state index contributed by atoms with van der Waals surface area (Å²) >= 11 is 0. The molecular weight excluding hydrogens is 146 g/mol. The average molecular weight is 169 g/mol. The summed E-state index contributed by atoms with van der Waals surface area (Å²) in [5, 5.41) is 3.72. The van der Waals surface area contributed by atoms with Crippen molar-refractivity contribution in [2.24, 2.45) is 5.92 Å². The van der Waals surface area contributed by atoms with Gasteiger partial charge in [-0.05, 0) is 44.6 Å². The third-order valence-electron chi connectivity index (χ3n) is 3.61. The Morgan fingerprint density at radius 2 is 1.92 bits per heavy atom. The molecule has 0 aromatic rings. The predicted molar refractivity (Wildman–Crippen MR) is 54.3 cm³/mol. The highest BCUT2D eigenvalue weighted by atomic mass is 15.0. The molecular formula is C11H23N. The molecule has 12 heavy (non-hydrogen) atoms. The van der Waals surface area contributed by atoms with E-state index in [4.69, 9.17) is 0 Å². The molecule has 0 aromatic carbocycles. The van der Waals surface area contributed by atoms with Gasteiger partial charge >= 0.3 is 0 Å². The molecule has 1 nitrogen and oxygen atoms in total. The average Bonchev–Trinajstić information content (AvgIpc) is 2.28. The Labute approximate surface area is 76.9 Å². The van der Waals surface area contributed by atoms with Crippen molar-refractivity contribution in [2.75, 3.05) is 6.54 Å². The summed E-state index contributed by atoms with van der Waals surface area (Å²) < 4.78 is 0. The van der Waals surface area contributed by atoms with Crippen LogP contribution in [0.25, 0.3) is 0 Å². The van der Waals surface area contributed by atoms with Crippen LogP contribution >= 0.6 is 0 Å². The highest BCUT2D eigenvalue weighted by Gasteiger charge is 2.27. The molecule has 1 N–H and O–H groups in total. The van der Waals surface area contributed by atoms with E-state index in [1.54, 1.807) is 0 Å². The van der Waals surface area contributed by atoms with E-state index in [2.05, 4.69) is 26.1 Å². The zero-order valence-electron chi connectivity index (χ0n) is 8.82. The van der Waals surface area contributed by atoms with Crippen molar-refractivity contribution in [1.29, 1.82) is 0 Å². The van der Waals surface area contributed by atoms with Gasteiger partial charge in [-0.1, -0.05) is 20.8 Å². The van der Waals surface area contributed by atoms with Gasteiger partial charge in [-0.2, -0.15) is 0 Å². The first kappa shape index (κ1) is 10.0. The molecule has 1 aliphatic heterocycles. The second kappa shape index (κ2) is 4.27. The summed E-state index contributed by atoms with van der Waals surface area (Å²) in [5.74, 6) is 0.928. The van der Waals surface area contributed by atoms with Crippen LogP contribution in [-0.4, -0.2) is 12.1 Å². The van der Waals surface area contributed by atoms with Gasteiger partial charge in [0.15, 0.2) is 0 Å². The van der Waals surface area contributed by atoms with Crippen molar-refractivity contribution in [1.82, 2.24) is 5.32 Å². The van der Waals surface area contributed by atoms with Crippen molar-refractivity contribution in [3.05, 3.63) is 0 Å². The lowest BCUT2D eigenvalue weighted by atomic mass is 9.86. The van der Waals surface area contributed by atoms with E-state index in [1.807, 2.05) is 0 Å². The molecule has 0 radical (unpaired) electrons. The maximum absolute atomic E-state index is 3.72. The SMILES string of the molecule is CCC1(CC)CCC(C)CCN1. The summed E-state index contributed by atoms with van der Waals surface area (Å²) in [6.45, 7) is 8.23. The van der Waals surface area contributed by atoms with Crippen molar-refractivity contribution in [3.63, 3.8) is 0 Å². The molecule has 0 aromatic heterocycles.